The van der Waals surface area contributed by atoms with E-state index in [0.29, 0.717) is 48.8 Å². The van der Waals surface area contributed by atoms with E-state index < -0.39 is 0 Å². The van der Waals surface area contributed by atoms with Crippen molar-refractivity contribution < 1.29 is 14.3 Å². The summed E-state index contributed by atoms with van der Waals surface area (Å²) in [5.74, 6) is 0.378. The molecule has 1 aliphatic heterocycles. The number of halogens is 1. The lowest BCUT2D eigenvalue weighted by atomic mass is 9.95. The molecular formula is C25H32ClN3O3. The highest BCUT2D eigenvalue weighted by molar-refractivity contribution is 6.31. The van der Waals surface area contributed by atoms with Crippen molar-refractivity contribution in [3.05, 3.63) is 64.7 Å². The Balaban J connectivity index is 1.51. The monoisotopic (exact) mass is 457 g/mol. The van der Waals surface area contributed by atoms with Gasteiger partial charge in [-0.1, -0.05) is 41.9 Å². The number of benzene rings is 2. The Bertz CT molecular complexity index is 912. The van der Waals surface area contributed by atoms with Crippen LogP contribution in [0.3, 0.4) is 0 Å². The molecule has 1 aliphatic rings. The molecule has 0 saturated carbocycles. The van der Waals surface area contributed by atoms with E-state index in [1.165, 1.54) is 12.7 Å². The van der Waals surface area contributed by atoms with Crippen molar-refractivity contribution in [1.82, 2.24) is 15.1 Å². The van der Waals surface area contributed by atoms with Crippen LogP contribution in [-0.2, 0) is 11.2 Å². The Kier molecular flexibility index (Phi) is 8.53. The predicted molar refractivity (Wildman–Crippen MR) is 127 cm³/mol. The third-order valence-corrected chi connectivity index (χ3v) is 6.34. The standard InChI is InChI=1S/C25H32ClN3O3/c1-28(2)21(15-18-7-5-4-6-8-18)17-27-24(30)19-11-13-29(14-12-19)25(31)22-16-20(26)9-10-23(22)32-3/h4-10,16,19,21H,11-15,17H2,1-3H3,(H,27,30). The first-order valence-corrected chi connectivity index (χ1v) is 11.4. The number of likely N-dealkylation sites (N-methyl/N-ethyl adjacent to an activating group) is 1. The van der Waals surface area contributed by atoms with E-state index >= 15 is 0 Å². The molecule has 6 nitrogen and oxygen atoms in total. The summed E-state index contributed by atoms with van der Waals surface area (Å²) in [5, 5.41) is 3.63. The molecule has 3 rings (SSSR count). The number of hydrogen-bond donors (Lipinski definition) is 1. The predicted octanol–water partition coefficient (Wildman–Crippen LogP) is 3.49. The number of carbonyl (C=O) groups excluding carboxylic acids is 2. The summed E-state index contributed by atoms with van der Waals surface area (Å²) in [5.41, 5.74) is 1.71. The highest BCUT2D eigenvalue weighted by atomic mass is 35.5. The molecule has 0 aliphatic carbocycles. The fourth-order valence-corrected chi connectivity index (χ4v) is 4.22. The second kappa shape index (κ2) is 11.3. The van der Waals surface area contributed by atoms with E-state index in [9.17, 15) is 9.59 Å². The average Bonchev–Trinajstić information content (AvgIpc) is 2.81. The first kappa shape index (κ1) is 24.1. The van der Waals surface area contributed by atoms with E-state index in [1.807, 2.05) is 32.3 Å². The first-order chi connectivity index (χ1) is 15.4. The van der Waals surface area contributed by atoms with Crippen molar-refractivity contribution in [3.63, 3.8) is 0 Å². The summed E-state index contributed by atoms with van der Waals surface area (Å²) in [6.45, 7) is 1.67. The van der Waals surface area contributed by atoms with Crippen LogP contribution < -0.4 is 10.1 Å². The van der Waals surface area contributed by atoms with Gasteiger partial charge < -0.3 is 19.9 Å². The zero-order valence-electron chi connectivity index (χ0n) is 19.0. The summed E-state index contributed by atoms with van der Waals surface area (Å²) >= 11 is 6.07. The molecule has 0 radical (unpaired) electrons. The summed E-state index contributed by atoms with van der Waals surface area (Å²) in [7, 11) is 5.61. The molecule has 2 aromatic carbocycles. The van der Waals surface area contributed by atoms with Crippen LogP contribution in [0.4, 0.5) is 0 Å². The molecule has 7 heteroatoms. The highest BCUT2D eigenvalue weighted by Crippen LogP contribution is 2.26. The van der Waals surface area contributed by atoms with Gasteiger partial charge in [-0.25, -0.2) is 0 Å². The number of carbonyl (C=O) groups is 2. The van der Waals surface area contributed by atoms with Crippen LogP contribution >= 0.6 is 11.6 Å². The van der Waals surface area contributed by atoms with Gasteiger partial charge in [0.2, 0.25) is 5.91 Å². The van der Waals surface area contributed by atoms with Crippen LogP contribution in [0, 0.1) is 5.92 Å². The van der Waals surface area contributed by atoms with Gasteiger partial charge in [-0.3, -0.25) is 9.59 Å². The molecule has 2 amide bonds. The van der Waals surface area contributed by atoms with Crippen LogP contribution in [0.25, 0.3) is 0 Å². The van der Waals surface area contributed by atoms with Gasteiger partial charge in [-0.15, -0.1) is 0 Å². The van der Waals surface area contributed by atoms with Crippen LogP contribution in [0.15, 0.2) is 48.5 Å². The molecule has 1 N–H and O–H groups in total. The lowest BCUT2D eigenvalue weighted by Crippen LogP contribution is -2.46. The summed E-state index contributed by atoms with van der Waals surface area (Å²) in [6.07, 6.45) is 2.17. The zero-order chi connectivity index (χ0) is 23.1. The molecule has 1 atom stereocenters. The normalized spacial score (nSPS) is 15.5. The first-order valence-electron chi connectivity index (χ1n) is 11.0. The number of likely N-dealkylation sites (tertiary alicyclic amines) is 1. The smallest absolute Gasteiger partial charge is 0.257 e. The summed E-state index contributed by atoms with van der Waals surface area (Å²) in [4.78, 5) is 29.7. The Morgan fingerprint density at radius 3 is 2.47 bits per heavy atom. The van der Waals surface area contributed by atoms with E-state index in [4.69, 9.17) is 16.3 Å². The minimum atomic E-state index is -0.112. The number of hydrogen-bond acceptors (Lipinski definition) is 4. The minimum absolute atomic E-state index is 0.0670. The summed E-state index contributed by atoms with van der Waals surface area (Å²) in [6, 6.07) is 15.6. The second-order valence-corrected chi connectivity index (χ2v) is 8.90. The van der Waals surface area contributed by atoms with Crippen LogP contribution in [0.5, 0.6) is 5.75 Å². The fraction of sp³-hybridized carbons (Fsp3) is 0.440. The van der Waals surface area contributed by atoms with Crippen molar-refractivity contribution >= 4 is 23.4 Å². The van der Waals surface area contributed by atoms with Gasteiger partial charge in [-0.2, -0.15) is 0 Å². The van der Waals surface area contributed by atoms with Gasteiger partial charge in [0.05, 0.1) is 12.7 Å². The number of rotatable bonds is 8. The van der Waals surface area contributed by atoms with Gasteiger partial charge in [0.1, 0.15) is 5.75 Å². The maximum absolute atomic E-state index is 13.0. The quantitative estimate of drug-likeness (QED) is 0.659. The molecule has 2 aromatic rings. The largest absolute Gasteiger partial charge is 0.496 e. The minimum Gasteiger partial charge on any atom is -0.496 e. The number of methoxy groups -OCH3 is 1. The Morgan fingerprint density at radius 1 is 1.16 bits per heavy atom. The van der Waals surface area contributed by atoms with Gasteiger partial charge in [0.25, 0.3) is 5.91 Å². The maximum atomic E-state index is 13.0. The molecule has 0 bridgehead atoms. The number of piperidine rings is 1. The molecule has 32 heavy (non-hydrogen) atoms. The van der Waals surface area contributed by atoms with E-state index in [-0.39, 0.29) is 23.8 Å². The fourth-order valence-electron chi connectivity index (χ4n) is 4.05. The van der Waals surface area contributed by atoms with Gasteiger partial charge in [0.15, 0.2) is 0 Å². The van der Waals surface area contributed by atoms with Crippen LogP contribution in [0.1, 0.15) is 28.8 Å². The van der Waals surface area contributed by atoms with E-state index in [0.717, 1.165) is 6.42 Å². The number of nitrogens with one attached hydrogen (secondary N) is 1. The molecule has 1 heterocycles. The van der Waals surface area contributed by atoms with Gasteiger partial charge in [-0.05, 0) is 57.1 Å². The molecule has 1 fully saturated rings. The lowest BCUT2D eigenvalue weighted by molar-refractivity contribution is -0.126. The van der Waals surface area contributed by atoms with Crippen molar-refractivity contribution in [2.75, 3.05) is 40.8 Å². The third-order valence-electron chi connectivity index (χ3n) is 6.10. The van der Waals surface area contributed by atoms with Crippen molar-refractivity contribution in [2.45, 2.75) is 25.3 Å². The van der Waals surface area contributed by atoms with E-state index in [2.05, 4.69) is 22.3 Å². The van der Waals surface area contributed by atoms with Crippen LogP contribution in [0.2, 0.25) is 5.02 Å². The van der Waals surface area contributed by atoms with Crippen molar-refractivity contribution in [1.29, 1.82) is 0 Å². The molecule has 172 valence electrons. The second-order valence-electron chi connectivity index (χ2n) is 8.46. The lowest BCUT2D eigenvalue weighted by Gasteiger charge is -2.32. The number of nitrogens with zero attached hydrogens (tertiary/aromatic N) is 2. The highest BCUT2D eigenvalue weighted by Gasteiger charge is 2.29. The maximum Gasteiger partial charge on any atom is 0.257 e. The van der Waals surface area contributed by atoms with E-state index in [1.54, 1.807) is 23.1 Å². The van der Waals surface area contributed by atoms with Crippen molar-refractivity contribution in [3.8, 4) is 5.75 Å². The molecule has 0 spiro atoms. The third kappa shape index (κ3) is 6.24. The number of ether oxygens (including phenoxy) is 1. The van der Waals surface area contributed by atoms with Gasteiger partial charge in [0, 0.05) is 36.6 Å². The zero-order valence-corrected chi connectivity index (χ0v) is 19.8. The molecule has 0 aromatic heterocycles. The average molecular weight is 458 g/mol. The summed E-state index contributed by atoms with van der Waals surface area (Å²) < 4.78 is 5.31. The molecule has 1 saturated heterocycles. The topological polar surface area (TPSA) is 61.9 Å². The molecular weight excluding hydrogens is 426 g/mol. The van der Waals surface area contributed by atoms with Gasteiger partial charge >= 0.3 is 0 Å². The van der Waals surface area contributed by atoms with Crippen molar-refractivity contribution in [2.24, 2.45) is 5.92 Å². The Labute approximate surface area is 195 Å². The van der Waals surface area contributed by atoms with Crippen LogP contribution in [-0.4, -0.2) is 68.5 Å². The Morgan fingerprint density at radius 2 is 1.84 bits per heavy atom. The number of amides is 2. The molecule has 1 unspecified atom stereocenters. The Hall–Kier alpha value is -2.57. The SMILES string of the molecule is COc1ccc(Cl)cc1C(=O)N1CCC(C(=O)NCC(Cc2ccccc2)N(C)C)CC1.